The second-order valence-electron chi connectivity index (χ2n) is 18.3. The molecular formula is C50H52N8O10. The second-order valence-corrected chi connectivity index (χ2v) is 18.3. The number of pyridine rings is 2. The Morgan fingerprint density at radius 1 is 0.882 bits per heavy atom. The molecule has 0 saturated carbocycles. The number of piperazine rings is 1. The number of carbonyl (C=O) groups is 3. The van der Waals surface area contributed by atoms with Gasteiger partial charge < -0.3 is 44.1 Å². The van der Waals surface area contributed by atoms with E-state index in [1.807, 2.05) is 49.9 Å². The number of aromatic amines is 1. The molecule has 2 amide bonds. The highest BCUT2D eigenvalue weighted by Crippen LogP contribution is 2.42. The number of hydrogen-bond acceptors (Lipinski definition) is 13. The average Bonchev–Trinajstić information content (AvgIpc) is 3.91. The van der Waals surface area contributed by atoms with E-state index in [0.717, 1.165) is 22.2 Å². The van der Waals surface area contributed by atoms with Gasteiger partial charge in [0.1, 0.15) is 23.9 Å². The minimum absolute atomic E-state index is 0.0283. The number of carbonyl (C=O) groups excluding carboxylic acids is 3. The number of phenolic OH excluding ortho intramolecular Hbond substituents is 2. The summed E-state index contributed by atoms with van der Waals surface area (Å²) in [5.74, 6) is -0.545. The highest BCUT2D eigenvalue weighted by atomic mass is 16.6. The second kappa shape index (κ2) is 17.0. The maximum Gasteiger partial charge on any atom is 0.415 e. The number of anilines is 1. The fourth-order valence-electron chi connectivity index (χ4n) is 10.3. The molecule has 1 atom stereocenters. The van der Waals surface area contributed by atoms with Gasteiger partial charge in [0.2, 0.25) is 5.91 Å². The van der Waals surface area contributed by atoms with Crippen molar-refractivity contribution >= 4 is 34.6 Å². The molecule has 3 aromatic heterocycles. The number of aliphatic hydroxyl groups is 1. The van der Waals surface area contributed by atoms with E-state index in [9.17, 15) is 39.3 Å². The van der Waals surface area contributed by atoms with Gasteiger partial charge in [0.25, 0.3) is 5.56 Å². The Morgan fingerprint density at radius 2 is 1.59 bits per heavy atom. The highest BCUT2D eigenvalue weighted by Gasteiger charge is 2.45. The van der Waals surface area contributed by atoms with Crippen molar-refractivity contribution < 1.29 is 39.2 Å². The van der Waals surface area contributed by atoms with Crippen LogP contribution in [0, 0.1) is 5.92 Å². The molecule has 1 unspecified atom stereocenters. The third-order valence-corrected chi connectivity index (χ3v) is 14.2. The molecule has 18 nitrogen and oxygen atoms in total. The fraction of sp³-hybridized carbons (Fsp3) is 0.380. The summed E-state index contributed by atoms with van der Waals surface area (Å²) in [6.45, 7) is 10.3. The lowest BCUT2D eigenvalue weighted by Crippen LogP contribution is -2.53. The minimum atomic E-state index is -1.92. The van der Waals surface area contributed by atoms with Gasteiger partial charge in [-0.15, -0.1) is 0 Å². The van der Waals surface area contributed by atoms with Crippen molar-refractivity contribution in [3.05, 3.63) is 109 Å². The third-order valence-electron chi connectivity index (χ3n) is 14.2. The number of esters is 1. The van der Waals surface area contributed by atoms with Crippen LogP contribution in [-0.2, 0) is 39.5 Å². The number of piperidine rings is 1. The van der Waals surface area contributed by atoms with Crippen molar-refractivity contribution in [3.63, 3.8) is 0 Å². The molecule has 68 heavy (non-hydrogen) atoms. The predicted molar refractivity (Wildman–Crippen MR) is 250 cm³/mol. The van der Waals surface area contributed by atoms with Crippen LogP contribution < -0.4 is 20.9 Å². The number of amides is 2. The first-order valence-electron chi connectivity index (χ1n) is 23.2. The van der Waals surface area contributed by atoms with Crippen LogP contribution in [0.2, 0.25) is 0 Å². The number of aryl methyl sites for hydroxylation is 1. The number of fused-ring (bicyclic) bond motifs is 5. The average molecular weight is 925 g/mol. The number of ether oxygens (including phenoxy) is 2. The molecule has 352 valence electrons. The van der Waals surface area contributed by atoms with Crippen LogP contribution in [0.3, 0.4) is 0 Å². The van der Waals surface area contributed by atoms with Crippen molar-refractivity contribution in [2.24, 2.45) is 5.92 Å². The van der Waals surface area contributed by atoms with E-state index in [2.05, 4.69) is 15.1 Å². The standard InChI is InChI=1S/C50H52N8O10/c1-5-32-34-21-31(11-12-39(34)51-43-36(32)25-57-40(43)23-38-37(46(57)62)26-67-47(63)50(38,66)6-2)68-49(65)56-19-17-55(18-20-56)45(61)28-13-15-54(16-14-28)29-7-9-30(10-8-29)58-44(52-53-48(58)64)35-22-33(27(3)4)41(59)24-42(35)60/h7-12,21-24,27-28,59-60,66H,5-6,13-20,25-26H2,1-4H3,(H,53,64). The van der Waals surface area contributed by atoms with Crippen molar-refractivity contribution in [1.82, 2.24) is 34.1 Å². The normalized spacial score (nSPS) is 18.1. The smallest absolute Gasteiger partial charge is 0.415 e. The lowest BCUT2D eigenvalue weighted by atomic mass is 9.86. The topological polar surface area (TPSA) is 226 Å². The number of aromatic nitrogens is 5. The lowest BCUT2D eigenvalue weighted by Gasteiger charge is -2.38. The molecule has 4 aliphatic heterocycles. The minimum Gasteiger partial charge on any atom is -0.508 e. The maximum atomic E-state index is 13.7. The van der Waals surface area contributed by atoms with E-state index >= 15 is 0 Å². The Hall–Kier alpha value is -7.47. The molecule has 0 radical (unpaired) electrons. The van der Waals surface area contributed by atoms with Crippen molar-refractivity contribution in [3.8, 4) is 45.7 Å². The summed E-state index contributed by atoms with van der Waals surface area (Å²) >= 11 is 0. The Morgan fingerprint density at radius 3 is 2.28 bits per heavy atom. The van der Waals surface area contributed by atoms with Gasteiger partial charge in [-0.3, -0.25) is 9.59 Å². The molecule has 0 bridgehead atoms. The van der Waals surface area contributed by atoms with Crippen molar-refractivity contribution in [2.75, 3.05) is 44.2 Å². The molecule has 0 spiro atoms. The quantitative estimate of drug-likeness (QED) is 0.143. The summed E-state index contributed by atoms with van der Waals surface area (Å²) in [5, 5.41) is 39.8. The lowest BCUT2D eigenvalue weighted by molar-refractivity contribution is -0.172. The van der Waals surface area contributed by atoms with E-state index in [1.54, 1.807) is 46.7 Å². The first-order chi connectivity index (χ1) is 32.7. The number of nitrogens with one attached hydrogen (secondary N) is 1. The van der Waals surface area contributed by atoms with Gasteiger partial charge in [0.05, 0.1) is 40.3 Å². The summed E-state index contributed by atoms with van der Waals surface area (Å²) in [5.41, 5.74) is 3.80. The first kappa shape index (κ1) is 44.4. The summed E-state index contributed by atoms with van der Waals surface area (Å²) < 4.78 is 14.1. The number of rotatable bonds is 8. The largest absolute Gasteiger partial charge is 0.508 e. The molecule has 4 aliphatic rings. The molecule has 7 heterocycles. The molecule has 4 N–H and O–H groups in total. The van der Waals surface area contributed by atoms with Gasteiger partial charge >= 0.3 is 17.8 Å². The molecule has 2 saturated heterocycles. The number of hydrogen-bond donors (Lipinski definition) is 4. The third kappa shape index (κ3) is 7.33. The van der Waals surface area contributed by atoms with Gasteiger partial charge in [-0.25, -0.2) is 29.0 Å². The van der Waals surface area contributed by atoms with E-state index in [1.165, 1.54) is 10.6 Å². The predicted octanol–water partition coefficient (Wildman–Crippen LogP) is 5.28. The van der Waals surface area contributed by atoms with E-state index in [4.69, 9.17) is 14.5 Å². The van der Waals surface area contributed by atoms with Gasteiger partial charge in [-0.2, -0.15) is 5.10 Å². The van der Waals surface area contributed by atoms with Gasteiger partial charge in [-0.05, 0) is 97.3 Å². The summed E-state index contributed by atoms with van der Waals surface area (Å²) in [7, 11) is 0. The zero-order valence-corrected chi connectivity index (χ0v) is 38.2. The Balaban J connectivity index is 0.755. The number of aromatic hydroxyl groups is 2. The number of cyclic esters (lactones) is 1. The van der Waals surface area contributed by atoms with E-state index in [-0.39, 0.29) is 71.3 Å². The summed E-state index contributed by atoms with van der Waals surface area (Å²) in [6, 6.07) is 17.3. The van der Waals surface area contributed by atoms with E-state index < -0.39 is 23.4 Å². The van der Waals surface area contributed by atoms with Crippen LogP contribution in [0.5, 0.6) is 17.2 Å². The van der Waals surface area contributed by atoms with Crippen LogP contribution in [0.15, 0.2) is 70.3 Å². The summed E-state index contributed by atoms with van der Waals surface area (Å²) in [6.07, 6.45) is 1.47. The Bertz CT molecular complexity index is 3160. The van der Waals surface area contributed by atoms with Crippen LogP contribution >= 0.6 is 0 Å². The van der Waals surface area contributed by atoms with Gasteiger partial charge in [0.15, 0.2) is 11.4 Å². The van der Waals surface area contributed by atoms with Crippen molar-refractivity contribution in [2.45, 2.75) is 78.0 Å². The molecule has 6 aromatic rings. The van der Waals surface area contributed by atoms with Gasteiger partial charge in [0, 0.05) is 73.5 Å². The van der Waals surface area contributed by atoms with Crippen molar-refractivity contribution in [1.29, 1.82) is 0 Å². The molecular weight excluding hydrogens is 873 g/mol. The van der Waals surface area contributed by atoms with Crippen LogP contribution in [0.1, 0.15) is 80.7 Å². The summed E-state index contributed by atoms with van der Waals surface area (Å²) in [4.78, 5) is 77.1. The van der Waals surface area contributed by atoms with Crippen LogP contribution in [0.4, 0.5) is 10.5 Å². The molecule has 0 aliphatic carbocycles. The fourth-order valence-corrected chi connectivity index (χ4v) is 10.3. The monoisotopic (exact) mass is 924 g/mol. The number of H-pyrrole nitrogens is 1. The Kier molecular flexibility index (Phi) is 11.1. The molecule has 18 heteroatoms. The molecule has 2 fully saturated rings. The number of benzene rings is 3. The number of nitrogens with zero attached hydrogens (tertiary/aromatic N) is 7. The maximum absolute atomic E-state index is 13.7. The van der Waals surface area contributed by atoms with E-state index in [0.29, 0.717) is 98.0 Å². The zero-order chi connectivity index (χ0) is 47.8. The molecule has 10 rings (SSSR count). The van der Waals surface area contributed by atoms with Crippen LogP contribution in [0.25, 0.3) is 39.4 Å². The SMILES string of the molecule is CCc1c2c(nc3ccc(OC(=O)N4CCN(C(=O)C5CCN(c6ccc(-n7c(-c8cc(C(C)C)c(O)cc8O)n[nH]c7=O)cc6)CC5)CC4)cc13)-c1cc3c(c(=O)n1C2)COC(=O)C3(O)CC. The first-order valence-corrected chi connectivity index (χ1v) is 23.2. The zero-order valence-electron chi connectivity index (χ0n) is 38.2. The Labute approximate surface area is 390 Å². The highest BCUT2D eigenvalue weighted by molar-refractivity contribution is 5.90. The van der Waals surface area contributed by atoms with Crippen LogP contribution in [-0.4, -0.2) is 107 Å². The molecule has 3 aromatic carbocycles. The van der Waals surface area contributed by atoms with Gasteiger partial charge in [-0.1, -0.05) is 27.7 Å². The number of phenols is 2.